The lowest BCUT2D eigenvalue weighted by atomic mass is 9.85. The molecule has 2 unspecified atom stereocenters. The predicted molar refractivity (Wildman–Crippen MR) is 77.7 cm³/mol. The van der Waals surface area contributed by atoms with Crippen molar-refractivity contribution in [3.63, 3.8) is 0 Å². The third kappa shape index (κ3) is 3.57. The summed E-state index contributed by atoms with van der Waals surface area (Å²) in [4.78, 5) is 12.1. The van der Waals surface area contributed by atoms with Crippen molar-refractivity contribution in [1.29, 1.82) is 0 Å². The van der Waals surface area contributed by atoms with Crippen LogP contribution in [0.25, 0.3) is 0 Å². The molecule has 3 N–H and O–H groups in total. The second kappa shape index (κ2) is 6.35. The van der Waals surface area contributed by atoms with Crippen LogP contribution in [0.2, 0.25) is 0 Å². The summed E-state index contributed by atoms with van der Waals surface area (Å²) in [7, 11) is 0. The first-order chi connectivity index (χ1) is 9.47. The van der Waals surface area contributed by atoms with E-state index in [1.807, 2.05) is 0 Å². The molecule has 0 aromatic heterocycles. The van der Waals surface area contributed by atoms with Gasteiger partial charge in [-0.1, -0.05) is 18.6 Å². The molecule has 0 heterocycles. The van der Waals surface area contributed by atoms with E-state index < -0.39 is 0 Å². The predicted octanol–water partition coefficient (Wildman–Crippen LogP) is 2.58. The molecule has 3 nitrogen and oxygen atoms in total. The van der Waals surface area contributed by atoms with Gasteiger partial charge in [0, 0.05) is 18.5 Å². The molecular weight excluding hydrogens is 255 g/mol. The Morgan fingerprint density at radius 3 is 2.60 bits per heavy atom. The van der Waals surface area contributed by atoms with Gasteiger partial charge in [0.2, 0.25) is 5.91 Å². The zero-order valence-electron chi connectivity index (χ0n) is 12.2. The van der Waals surface area contributed by atoms with Crippen molar-refractivity contribution in [2.75, 3.05) is 0 Å². The summed E-state index contributed by atoms with van der Waals surface area (Å²) in [5, 5.41) is 2.95. The van der Waals surface area contributed by atoms with Crippen molar-refractivity contribution in [1.82, 2.24) is 5.32 Å². The molecule has 2 atom stereocenters. The number of benzene rings is 1. The van der Waals surface area contributed by atoms with E-state index in [9.17, 15) is 9.18 Å². The molecule has 1 aromatic rings. The van der Waals surface area contributed by atoms with Crippen LogP contribution in [0.5, 0.6) is 0 Å². The van der Waals surface area contributed by atoms with E-state index in [0.29, 0.717) is 17.7 Å². The number of aryl methyl sites for hydroxylation is 2. The van der Waals surface area contributed by atoms with Crippen molar-refractivity contribution in [2.24, 2.45) is 11.7 Å². The summed E-state index contributed by atoms with van der Waals surface area (Å²) in [6.45, 7) is 3.94. The lowest BCUT2D eigenvalue weighted by molar-refractivity contribution is -0.126. The second-order valence-corrected chi connectivity index (χ2v) is 5.89. The lowest BCUT2D eigenvalue weighted by Gasteiger charge is -2.25. The van der Waals surface area contributed by atoms with Crippen LogP contribution in [0.3, 0.4) is 0 Å². The Balaban J connectivity index is 1.93. The summed E-state index contributed by atoms with van der Waals surface area (Å²) in [5.74, 6) is -0.0699. The number of nitrogens with one attached hydrogen (secondary N) is 1. The van der Waals surface area contributed by atoms with Crippen LogP contribution >= 0.6 is 0 Å². The summed E-state index contributed by atoms with van der Waals surface area (Å²) in [6, 6.07) is 3.72. The number of carbonyl (C=O) groups is 1. The largest absolute Gasteiger partial charge is 0.352 e. The molecule has 0 radical (unpaired) electrons. The van der Waals surface area contributed by atoms with Gasteiger partial charge in [-0.2, -0.15) is 0 Å². The summed E-state index contributed by atoms with van der Waals surface area (Å²) in [5.41, 5.74) is 8.08. The average Bonchev–Trinajstić information content (AvgIpc) is 2.42. The first-order valence-electron chi connectivity index (χ1n) is 7.26. The normalized spacial score (nSPS) is 22.6. The number of rotatable bonds is 3. The van der Waals surface area contributed by atoms with E-state index >= 15 is 0 Å². The molecule has 1 aliphatic carbocycles. The molecule has 1 amide bonds. The molecule has 0 bridgehead atoms. The number of nitrogens with two attached hydrogens (primary N) is 1. The van der Waals surface area contributed by atoms with Gasteiger partial charge in [0.25, 0.3) is 0 Å². The van der Waals surface area contributed by atoms with Gasteiger partial charge in [0.15, 0.2) is 0 Å². The Bertz CT molecular complexity index is 478. The molecular formula is C16H23FN2O. The quantitative estimate of drug-likeness (QED) is 0.893. The number of amides is 1. The SMILES string of the molecule is Cc1cc(CNC(=O)C2CCCC(N)C2)cc(C)c1F. The zero-order chi connectivity index (χ0) is 14.7. The van der Waals surface area contributed by atoms with E-state index in [4.69, 9.17) is 5.73 Å². The molecule has 0 spiro atoms. The standard InChI is InChI=1S/C16H23FN2O/c1-10-6-12(7-11(2)15(10)17)9-19-16(20)13-4-3-5-14(18)8-13/h6-7,13-14H,3-5,8-9,18H2,1-2H3,(H,19,20). The van der Waals surface area contributed by atoms with Gasteiger partial charge >= 0.3 is 0 Å². The third-order valence-electron chi connectivity index (χ3n) is 4.05. The fourth-order valence-corrected chi connectivity index (χ4v) is 2.94. The van der Waals surface area contributed by atoms with Crippen molar-refractivity contribution >= 4 is 5.91 Å². The second-order valence-electron chi connectivity index (χ2n) is 5.89. The molecule has 110 valence electrons. The minimum atomic E-state index is -0.168. The van der Waals surface area contributed by atoms with Crippen LogP contribution < -0.4 is 11.1 Å². The topological polar surface area (TPSA) is 55.1 Å². The van der Waals surface area contributed by atoms with E-state index in [1.54, 1.807) is 26.0 Å². The highest BCUT2D eigenvalue weighted by molar-refractivity contribution is 5.78. The highest BCUT2D eigenvalue weighted by atomic mass is 19.1. The van der Waals surface area contributed by atoms with Crippen molar-refractivity contribution < 1.29 is 9.18 Å². The number of hydrogen-bond acceptors (Lipinski definition) is 2. The Hall–Kier alpha value is -1.42. The lowest BCUT2D eigenvalue weighted by Crippen LogP contribution is -2.37. The van der Waals surface area contributed by atoms with Crippen LogP contribution in [0, 0.1) is 25.6 Å². The average molecular weight is 278 g/mol. The Labute approximate surface area is 119 Å². The highest BCUT2D eigenvalue weighted by Crippen LogP contribution is 2.23. The minimum absolute atomic E-state index is 0.0291. The molecule has 20 heavy (non-hydrogen) atoms. The van der Waals surface area contributed by atoms with Gasteiger partial charge in [-0.25, -0.2) is 4.39 Å². The molecule has 1 aromatic carbocycles. The molecule has 1 saturated carbocycles. The van der Waals surface area contributed by atoms with Gasteiger partial charge < -0.3 is 11.1 Å². The van der Waals surface area contributed by atoms with E-state index in [2.05, 4.69) is 5.32 Å². The Morgan fingerprint density at radius 1 is 1.35 bits per heavy atom. The maximum absolute atomic E-state index is 13.5. The number of hydrogen-bond donors (Lipinski definition) is 2. The zero-order valence-corrected chi connectivity index (χ0v) is 12.2. The summed E-state index contributed by atoms with van der Waals surface area (Å²) >= 11 is 0. The first-order valence-corrected chi connectivity index (χ1v) is 7.26. The fraction of sp³-hybridized carbons (Fsp3) is 0.562. The van der Waals surface area contributed by atoms with Crippen LogP contribution in [0.4, 0.5) is 4.39 Å². The minimum Gasteiger partial charge on any atom is -0.352 e. The monoisotopic (exact) mass is 278 g/mol. The van der Waals surface area contributed by atoms with Gasteiger partial charge in [-0.15, -0.1) is 0 Å². The van der Waals surface area contributed by atoms with Gasteiger partial charge in [-0.05, 0) is 49.8 Å². The maximum atomic E-state index is 13.5. The summed E-state index contributed by atoms with van der Waals surface area (Å²) in [6.07, 6.45) is 3.72. The number of halogens is 1. The van der Waals surface area contributed by atoms with Crippen LogP contribution in [0.1, 0.15) is 42.4 Å². The molecule has 1 aliphatic rings. The van der Waals surface area contributed by atoms with Crippen LogP contribution in [-0.2, 0) is 11.3 Å². The van der Waals surface area contributed by atoms with E-state index in [0.717, 1.165) is 31.2 Å². The maximum Gasteiger partial charge on any atom is 0.223 e. The van der Waals surface area contributed by atoms with Crippen molar-refractivity contribution in [3.05, 3.63) is 34.6 Å². The van der Waals surface area contributed by atoms with Gasteiger partial charge in [0.1, 0.15) is 5.82 Å². The smallest absolute Gasteiger partial charge is 0.223 e. The fourth-order valence-electron chi connectivity index (χ4n) is 2.94. The third-order valence-corrected chi connectivity index (χ3v) is 4.05. The Kier molecular flexibility index (Phi) is 4.76. The van der Waals surface area contributed by atoms with Crippen molar-refractivity contribution in [3.8, 4) is 0 Å². The van der Waals surface area contributed by atoms with Gasteiger partial charge in [0.05, 0.1) is 0 Å². The first kappa shape index (κ1) is 15.0. The summed E-state index contributed by atoms with van der Waals surface area (Å²) < 4.78 is 13.5. The van der Waals surface area contributed by atoms with E-state index in [1.165, 1.54) is 0 Å². The van der Waals surface area contributed by atoms with Crippen LogP contribution in [-0.4, -0.2) is 11.9 Å². The number of carbonyl (C=O) groups excluding carboxylic acids is 1. The molecule has 4 heteroatoms. The van der Waals surface area contributed by atoms with Crippen molar-refractivity contribution in [2.45, 2.75) is 52.1 Å². The van der Waals surface area contributed by atoms with Gasteiger partial charge in [-0.3, -0.25) is 4.79 Å². The Morgan fingerprint density at radius 2 is 2.00 bits per heavy atom. The molecule has 0 aliphatic heterocycles. The molecule has 2 rings (SSSR count). The molecule has 1 fully saturated rings. The molecule has 0 saturated heterocycles. The highest BCUT2D eigenvalue weighted by Gasteiger charge is 2.24. The van der Waals surface area contributed by atoms with E-state index in [-0.39, 0.29) is 23.7 Å². The van der Waals surface area contributed by atoms with Crippen LogP contribution in [0.15, 0.2) is 12.1 Å².